The third-order valence-electron chi connectivity index (χ3n) is 4.72. The van der Waals surface area contributed by atoms with Gasteiger partial charge in [0.25, 0.3) is 0 Å². The number of aliphatic imine (C=N–C) groups is 1. The number of alkyl halides is 3. The van der Waals surface area contributed by atoms with Crippen molar-refractivity contribution in [3.63, 3.8) is 0 Å². The normalized spacial score (nSPS) is 16.4. The van der Waals surface area contributed by atoms with Crippen molar-refractivity contribution in [3.8, 4) is 5.75 Å². The number of hydrogen-bond donors (Lipinski definition) is 2. The number of amidine groups is 1. The summed E-state index contributed by atoms with van der Waals surface area (Å²) in [7, 11) is 0. The van der Waals surface area contributed by atoms with Crippen LogP contribution in [0.15, 0.2) is 59.3 Å². The minimum atomic E-state index is -4.41. The number of benzene rings is 2. The second kappa shape index (κ2) is 9.87. The summed E-state index contributed by atoms with van der Waals surface area (Å²) in [6.45, 7) is 4.61. The lowest BCUT2D eigenvalue weighted by atomic mass is 10.0. The van der Waals surface area contributed by atoms with Gasteiger partial charge in [-0.25, -0.2) is 4.99 Å². The second-order valence-corrected chi connectivity index (χ2v) is 7.13. The summed E-state index contributed by atoms with van der Waals surface area (Å²) in [6, 6.07) is 10.6. The molecule has 8 heteroatoms. The van der Waals surface area contributed by atoms with E-state index >= 15 is 0 Å². The summed E-state index contributed by atoms with van der Waals surface area (Å²) in [6.07, 6.45) is -1.98. The van der Waals surface area contributed by atoms with Gasteiger partial charge in [0.1, 0.15) is 30.6 Å². The van der Waals surface area contributed by atoms with E-state index in [0.29, 0.717) is 30.5 Å². The van der Waals surface area contributed by atoms with Gasteiger partial charge in [-0.15, -0.1) is 0 Å². The Bertz CT molecular complexity index is 954. The third kappa shape index (κ3) is 6.01. The Hall–Kier alpha value is -3.00. The van der Waals surface area contributed by atoms with E-state index in [1.54, 1.807) is 30.3 Å². The Morgan fingerprint density at radius 2 is 1.90 bits per heavy atom. The standard InChI is InChI=1S/C23H25F3N2O3/c1-3-4-18(29)14-30-11-12-31-19-8-5-16(6-9-19)22-27-15(2)20-10-7-17(23(24,25)26)13-21(20)28-22/h4-10,13,15,29H,3,11-12,14H2,1-2H3,(H,27,28)/b18-4+. The minimum absolute atomic E-state index is 0.150. The van der Waals surface area contributed by atoms with Gasteiger partial charge < -0.3 is 19.9 Å². The Morgan fingerprint density at radius 1 is 1.16 bits per heavy atom. The summed E-state index contributed by atoms with van der Waals surface area (Å²) < 4.78 is 50.0. The first-order valence-corrected chi connectivity index (χ1v) is 10.0. The number of allylic oxidation sites excluding steroid dienone is 1. The molecule has 0 aliphatic carbocycles. The van der Waals surface area contributed by atoms with Gasteiger partial charge in [0.2, 0.25) is 0 Å². The molecule has 1 aliphatic rings. The molecule has 2 N–H and O–H groups in total. The van der Waals surface area contributed by atoms with Crippen LogP contribution in [0.5, 0.6) is 5.75 Å². The molecule has 1 unspecified atom stereocenters. The van der Waals surface area contributed by atoms with Gasteiger partial charge in [0, 0.05) is 5.56 Å². The van der Waals surface area contributed by atoms with Gasteiger partial charge in [-0.3, -0.25) is 0 Å². The highest BCUT2D eigenvalue weighted by molar-refractivity contribution is 6.01. The van der Waals surface area contributed by atoms with Gasteiger partial charge >= 0.3 is 6.18 Å². The molecule has 3 rings (SSSR count). The van der Waals surface area contributed by atoms with Crippen molar-refractivity contribution in [3.05, 3.63) is 71.0 Å². The number of rotatable bonds is 8. The molecule has 0 amide bonds. The SMILES string of the molecule is CC/C=C(/O)COCCOc1ccc(C2=Nc3cc(C(F)(F)F)ccc3C(C)N2)cc1. The number of hydrogen-bond acceptors (Lipinski definition) is 5. The third-order valence-corrected chi connectivity index (χ3v) is 4.72. The van der Waals surface area contributed by atoms with E-state index < -0.39 is 11.7 Å². The maximum absolute atomic E-state index is 13.0. The maximum Gasteiger partial charge on any atom is 0.416 e. The van der Waals surface area contributed by atoms with E-state index in [0.717, 1.165) is 29.7 Å². The first kappa shape index (κ1) is 22.7. The van der Waals surface area contributed by atoms with Crippen LogP contribution in [0, 0.1) is 0 Å². The van der Waals surface area contributed by atoms with Crippen molar-refractivity contribution < 1.29 is 27.8 Å². The van der Waals surface area contributed by atoms with E-state index in [1.807, 2.05) is 13.8 Å². The number of ether oxygens (including phenoxy) is 2. The van der Waals surface area contributed by atoms with Crippen LogP contribution in [0.1, 0.15) is 43.0 Å². The van der Waals surface area contributed by atoms with Crippen LogP contribution in [0.2, 0.25) is 0 Å². The van der Waals surface area contributed by atoms with Gasteiger partial charge in [-0.2, -0.15) is 13.2 Å². The molecular weight excluding hydrogens is 409 g/mol. The van der Waals surface area contributed by atoms with E-state index in [4.69, 9.17) is 9.47 Å². The van der Waals surface area contributed by atoms with Crippen molar-refractivity contribution >= 4 is 11.5 Å². The number of aliphatic hydroxyl groups is 1. The number of fused-ring (bicyclic) bond motifs is 1. The van der Waals surface area contributed by atoms with E-state index in [2.05, 4.69) is 10.3 Å². The van der Waals surface area contributed by atoms with Crippen LogP contribution < -0.4 is 10.1 Å². The molecule has 1 heterocycles. The molecule has 0 bridgehead atoms. The molecule has 5 nitrogen and oxygen atoms in total. The second-order valence-electron chi connectivity index (χ2n) is 7.13. The van der Waals surface area contributed by atoms with Crippen LogP contribution in [-0.4, -0.2) is 30.8 Å². The molecule has 31 heavy (non-hydrogen) atoms. The molecule has 1 aliphatic heterocycles. The van der Waals surface area contributed by atoms with Crippen molar-refractivity contribution in [2.75, 3.05) is 19.8 Å². The summed E-state index contributed by atoms with van der Waals surface area (Å²) >= 11 is 0. The number of nitrogens with one attached hydrogen (secondary N) is 1. The Kier molecular flexibility index (Phi) is 7.22. The quantitative estimate of drug-likeness (QED) is 0.414. The lowest BCUT2D eigenvalue weighted by molar-refractivity contribution is -0.137. The van der Waals surface area contributed by atoms with Crippen LogP contribution in [0.25, 0.3) is 0 Å². The molecule has 0 spiro atoms. The topological polar surface area (TPSA) is 63.1 Å². The van der Waals surface area contributed by atoms with E-state index in [-0.39, 0.29) is 18.4 Å². The molecule has 2 aromatic carbocycles. The van der Waals surface area contributed by atoms with Crippen molar-refractivity contribution in [2.24, 2.45) is 4.99 Å². The van der Waals surface area contributed by atoms with Crippen LogP contribution in [0.3, 0.4) is 0 Å². The Labute approximate surface area is 179 Å². The van der Waals surface area contributed by atoms with Crippen molar-refractivity contribution in [1.29, 1.82) is 0 Å². The van der Waals surface area contributed by atoms with Crippen LogP contribution in [-0.2, 0) is 10.9 Å². The van der Waals surface area contributed by atoms with Crippen LogP contribution >= 0.6 is 0 Å². The molecule has 1 atom stereocenters. The number of nitrogens with zero attached hydrogens (tertiary/aromatic N) is 1. The fourth-order valence-corrected chi connectivity index (χ4v) is 3.17. The number of aliphatic hydroxyl groups excluding tert-OH is 1. The highest BCUT2D eigenvalue weighted by atomic mass is 19.4. The highest BCUT2D eigenvalue weighted by Crippen LogP contribution is 2.37. The Balaban J connectivity index is 1.63. The zero-order valence-corrected chi connectivity index (χ0v) is 17.4. The van der Waals surface area contributed by atoms with Gasteiger partial charge in [-0.1, -0.05) is 13.0 Å². The molecule has 2 aromatic rings. The summed E-state index contributed by atoms with van der Waals surface area (Å²) in [5.41, 5.74) is 1.06. The van der Waals surface area contributed by atoms with E-state index in [9.17, 15) is 18.3 Å². The zero-order chi connectivity index (χ0) is 22.4. The van der Waals surface area contributed by atoms with Crippen LogP contribution in [0.4, 0.5) is 18.9 Å². The maximum atomic E-state index is 13.0. The summed E-state index contributed by atoms with van der Waals surface area (Å²) in [4.78, 5) is 4.40. The molecular formula is C23H25F3N2O3. The van der Waals surface area contributed by atoms with E-state index in [1.165, 1.54) is 6.07 Å². The lowest BCUT2D eigenvalue weighted by Crippen LogP contribution is -2.30. The predicted octanol–water partition coefficient (Wildman–Crippen LogP) is 5.70. The minimum Gasteiger partial charge on any atom is -0.510 e. The molecule has 0 saturated carbocycles. The fraction of sp³-hybridized carbons (Fsp3) is 0.348. The average molecular weight is 434 g/mol. The van der Waals surface area contributed by atoms with Gasteiger partial charge in [-0.05, 0) is 61.4 Å². The molecule has 0 radical (unpaired) electrons. The number of halogens is 3. The zero-order valence-electron chi connectivity index (χ0n) is 17.4. The predicted molar refractivity (Wildman–Crippen MR) is 113 cm³/mol. The largest absolute Gasteiger partial charge is 0.510 e. The summed E-state index contributed by atoms with van der Waals surface area (Å²) in [5, 5.41) is 12.7. The molecule has 0 saturated heterocycles. The highest BCUT2D eigenvalue weighted by Gasteiger charge is 2.32. The average Bonchev–Trinajstić information content (AvgIpc) is 2.73. The molecule has 0 fully saturated rings. The Morgan fingerprint density at radius 3 is 2.58 bits per heavy atom. The first-order valence-electron chi connectivity index (χ1n) is 10.0. The molecule has 166 valence electrons. The monoisotopic (exact) mass is 434 g/mol. The molecule has 0 aromatic heterocycles. The fourth-order valence-electron chi connectivity index (χ4n) is 3.17. The van der Waals surface area contributed by atoms with Gasteiger partial charge in [0.15, 0.2) is 0 Å². The smallest absolute Gasteiger partial charge is 0.416 e. The first-order chi connectivity index (χ1) is 14.8. The lowest BCUT2D eigenvalue weighted by Gasteiger charge is -2.25. The van der Waals surface area contributed by atoms with Crippen molar-refractivity contribution in [1.82, 2.24) is 5.32 Å². The van der Waals surface area contributed by atoms with Crippen molar-refractivity contribution in [2.45, 2.75) is 32.5 Å². The summed E-state index contributed by atoms with van der Waals surface area (Å²) in [5.74, 6) is 1.34. The van der Waals surface area contributed by atoms with Gasteiger partial charge in [0.05, 0.1) is 23.9 Å².